The summed E-state index contributed by atoms with van der Waals surface area (Å²) >= 11 is 0. The molecule has 18 heavy (non-hydrogen) atoms. The molecule has 1 fully saturated rings. The molecular weight excluding hydrogens is 232 g/mol. The number of carbonyl (C=O) groups excluding carboxylic acids is 1. The van der Waals surface area contributed by atoms with E-state index in [9.17, 15) is 4.79 Å². The zero-order valence-electron chi connectivity index (χ0n) is 11.6. The fourth-order valence-corrected chi connectivity index (χ4v) is 1.62. The van der Waals surface area contributed by atoms with Crippen LogP contribution in [0.2, 0.25) is 0 Å². The SMILES string of the molecule is CCCCOCCCNC(=O)COC1(C)CNC1. The largest absolute Gasteiger partial charge is 0.381 e. The summed E-state index contributed by atoms with van der Waals surface area (Å²) in [5.41, 5.74) is -0.152. The lowest BCUT2D eigenvalue weighted by Crippen LogP contribution is -2.59. The average Bonchev–Trinajstić information content (AvgIpc) is 2.33. The minimum absolute atomic E-state index is 0.0447. The topological polar surface area (TPSA) is 59.6 Å². The van der Waals surface area contributed by atoms with Crippen LogP contribution in [0, 0.1) is 0 Å². The Morgan fingerprint density at radius 2 is 2.06 bits per heavy atom. The molecule has 0 saturated carbocycles. The number of hydrogen-bond donors (Lipinski definition) is 2. The van der Waals surface area contributed by atoms with Crippen molar-refractivity contribution in [3.63, 3.8) is 0 Å². The maximum Gasteiger partial charge on any atom is 0.246 e. The van der Waals surface area contributed by atoms with Crippen LogP contribution >= 0.6 is 0 Å². The van der Waals surface area contributed by atoms with Gasteiger partial charge in [0.05, 0.1) is 5.60 Å². The van der Waals surface area contributed by atoms with E-state index < -0.39 is 0 Å². The molecule has 0 bridgehead atoms. The summed E-state index contributed by atoms with van der Waals surface area (Å²) in [5, 5.41) is 5.96. The summed E-state index contributed by atoms with van der Waals surface area (Å²) in [7, 11) is 0. The molecule has 0 unspecified atom stereocenters. The molecule has 1 aliphatic rings. The lowest BCUT2D eigenvalue weighted by molar-refractivity contribution is -0.135. The first-order chi connectivity index (χ1) is 8.66. The molecular formula is C13H26N2O3. The molecule has 1 heterocycles. The molecule has 106 valence electrons. The molecule has 5 heteroatoms. The van der Waals surface area contributed by atoms with E-state index in [0.717, 1.165) is 39.0 Å². The van der Waals surface area contributed by atoms with Crippen LogP contribution in [0.5, 0.6) is 0 Å². The third-order valence-electron chi connectivity index (χ3n) is 2.98. The molecule has 2 N–H and O–H groups in total. The first-order valence-electron chi connectivity index (χ1n) is 6.85. The molecule has 1 aliphatic heterocycles. The monoisotopic (exact) mass is 258 g/mol. The van der Waals surface area contributed by atoms with Crippen molar-refractivity contribution in [2.45, 2.75) is 38.7 Å². The molecule has 1 rings (SSSR count). The molecule has 0 aromatic carbocycles. The van der Waals surface area contributed by atoms with Crippen molar-refractivity contribution >= 4 is 5.91 Å². The van der Waals surface area contributed by atoms with Crippen molar-refractivity contribution in [1.29, 1.82) is 0 Å². The van der Waals surface area contributed by atoms with E-state index in [2.05, 4.69) is 17.6 Å². The van der Waals surface area contributed by atoms with Gasteiger partial charge in [0.25, 0.3) is 0 Å². The van der Waals surface area contributed by atoms with Crippen LogP contribution in [-0.2, 0) is 14.3 Å². The number of rotatable bonds is 10. The van der Waals surface area contributed by atoms with Crippen LogP contribution in [0.25, 0.3) is 0 Å². The van der Waals surface area contributed by atoms with Crippen molar-refractivity contribution in [1.82, 2.24) is 10.6 Å². The van der Waals surface area contributed by atoms with Gasteiger partial charge in [-0.15, -0.1) is 0 Å². The molecule has 0 spiro atoms. The fourth-order valence-electron chi connectivity index (χ4n) is 1.62. The van der Waals surface area contributed by atoms with Gasteiger partial charge in [0.15, 0.2) is 0 Å². The quantitative estimate of drug-likeness (QED) is 0.566. The van der Waals surface area contributed by atoms with Gasteiger partial charge in [0.1, 0.15) is 6.61 Å². The second-order valence-electron chi connectivity index (χ2n) is 5.01. The lowest BCUT2D eigenvalue weighted by atomic mass is 10.0. The Balaban J connectivity index is 1.87. The Hall–Kier alpha value is -0.650. The van der Waals surface area contributed by atoms with Gasteiger partial charge in [-0.05, 0) is 19.8 Å². The summed E-state index contributed by atoms with van der Waals surface area (Å²) in [6, 6.07) is 0. The zero-order chi connectivity index (χ0) is 13.3. The van der Waals surface area contributed by atoms with E-state index in [1.165, 1.54) is 0 Å². The molecule has 1 saturated heterocycles. The zero-order valence-corrected chi connectivity index (χ0v) is 11.6. The van der Waals surface area contributed by atoms with Crippen LogP contribution in [0.3, 0.4) is 0 Å². The summed E-state index contributed by atoms with van der Waals surface area (Å²) in [5.74, 6) is -0.0447. The Bertz CT molecular complexity index is 242. The molecule has 0 aromatic rings. The van der Waals surface area contributed by atoms with E-state index in [1.807, 2.05) is 6.92 Å². The molecule has 1 amide bonds. The maximum atomic E-state index is 11.5. The van der Waals surface area contributed by atoms with Gasteiger partial charge in [-0.3, -0.25) is 4.79 Å². The van der Waals surface area contributed by atoms with Crippen molar-refractivity contribution < 1.29 is 14.3 Å². The highest BCUT2D eigenvalue weighted by atomic mass is 16.5. The highest BCUT2D eigenvalue weighted by Crippen LogP contribution is 2.14. The van der Waals surface area contributed by atoms with Gasteiger partial charge in [0, 0.05) is 32.8 Å². The molecule has 0 aliphatic carbocycles. The number of hydrogen-bond acceptors (Lipinski definition) is 4. The second-order valence-corrected chi connectivity index (χ2v) is 5.01. The highest BCUT2D eigenvalue weighted by Gasteiger charge is 2.32. The minimum atomic E-state index is -0.152. The summed E-state index contributed by atoms with van der Waals surface area (Å²) < 4.78 is 10.9. The maximum absolute atomic E-state index is 11.5. The predicted molar refractivity (Wildman–Crippen MR) is 70.6 cm³/mol. The van der Waals surface area contributed by atoms with Crippen molar-refractivity contribution in [3.8, 4) is 0 Å². The third-order valence-corrected chi connectivity index (χ3v) is 2.98. The number of amides is 1. The standard InChI is InChI=1S/C13H26N2O3/c1-3-4-7-17-8-5-6-15-12(16)9-18-13(2)10-14-11-13/h14H,3-11H2,1-2H3,(H,15,16). The first-order valence-corrected chi connectivity index (χ1v) is 6.85. The van der Waals surface area contributed by atoms with E-state index >= 15 is 0 Å². The van der Waals surface area contributed by atoms with Gasteiger partial charge in [0.2, 0.25) is 5.91 Å². The van der Waals surface area contributed by atoms with Crippen molar-refractivity contribution in [2.24, 2.45) is 0 Å². The highest BCUT2D eigenvalue weighted by molar-refractivity contribution is 5.77. The van der Waals surface area contributed by atoms with Gasteiger partial charge < -0.3 is 20.1 Å². The van der Waals surface area contributed by atoms with Gasteiger partial charge in [-0.1, -0.05) is 13.3 Å². The van der Waals surface area contributed by atoms with Crippen molar-refractivity contribution in [2.75, 3.05) is 39.5 Å². The summed E-state index contributed by atoms with van der Waals surface area (Å²) in [6.45, 7) is 8.14. The van der Waals surface area contributed by atoms with E-state index in [4.69, 9.17) is 9.47 Å². The number of unbranched alkanes of at least 4 members (excludes halogenated alkanes) is 1. The molecule has 0 radical (unpaired) electrons. The molecule has 5 nitrogen and oxygen atoms in total. The third kappa shape index (κ3) is 6.33. The first kappa shape index (κ1) is 15.4. The minimum Gasteiger partial charge on any atom is -0.381 e. The fraction of sp³-hybridized carbons (Fsp3) is 0.923. The summed E-state index contributed by atoms with van der Waals surface area (Å²) in [4.78, 5) is 11.5. The lowest BCUT2D eigenvalue weighted by Gasteiger charge is -2.38. The molecule has 0 aromatic heterocycles. The predicted octanol–water partition coefficient (Wildman–Crippen LogP) is 0.688. The van der Waals surface area contributed by atoms with Crippen LogP contribution < -0.4 is 10.6 Å². The Kier molecular flexibility index (Phi) is 7.23. The van der Waals surface area contributed by atoms with Crippen molar-refractivity contribution in [3.05, 3.63) is 0 Å². The van der Waals surface area contributed by atoms with E-state index in [0.29, 0.717) is 13.2 Å². The van der Waals surface area contributed by atoms with Crippen LogP contribution in [-0.4, -0.2) is 51.0 Å². The average molecular weight is 258 g/mol. The number of carbonyl (C=O) groups is 1. The van der Waals surface area contributed by atoms with Crippen LogP contribution in [0.1, 0.15) is 33.1 Å². The van der Waals surface area contributed by atoms with Crippen LogP contribution in [0.4, 0.5) is 0 Å². The summed E-state index contributed by atoms with van der Waals surface area (Å²) in [6.07, 6.45) is 3.11. The van der Waals surface area contributed by atoms with E-state index in [-0.39, 0.29) is 18.1 Å². The Labute approximate surface area is 110 Å². The number of ether oxygens (including phenoxy) is 2. The Morgan fingerprint density at radius 3 is 2.67 bits per heavy atom. The van der Waals surface area contributed by atoms with Gasteiger partial charge in [-0.25, -0.2) is 0 Å². The van der Waals surface area contributed by atoms with E-state index in [1.54, 1.807) is 0 Å². The Morgan fingerprint density at radius 1 is 1.33 bits per heavy atom. The smallest absolute Gasteiger partial charge is 0.246 e. The van der Waals surface area contributed by atoms with Gasteiger partial charge in [-0.2, -0.15) is 0 Å². The molecule has 0 atom stereocenters. The normalized spacial score (nSPS) is 17.2. The number of nitrogens with one attached hydrogen (secondary N) is 2. The van der Waals surface area contributed by atoms with Crippen LogP contribution in [0.15, 0.2) is 0 Å². The second kappa shape index (κ2) is 8.45. The van der Waals surface area contributed by atoms with Gasteiger partial charge >= 0.3 is 0 Å².